The third kappa shape index (κ3) is 3.09. The van der Waals surface area contributed by atoms with Gasteiger partial charge in [-0.25, -0.2) is 0 Å². The molecule has 0 amide bonds. The van der Waals surface area contributed by atoms with Crippen LogP contribution in [0.3, 0.4) is 0 Å². The molecule has 0 radical (unpaired) electrons. The molecule has 3 aromatic rings. The van der Waals surface area contributed by atoms with Gasteiger partial charge in [-0.15, -0.1) is 0 Å². The number of aromatic nitrogens is 4. The predicted molar refractivity (Wildman–Crippen MR) is 77.4 cm³/mol. The van der Waals surface area contributed by atoms with Gasteiger partial charge in [-0.05, 0) is 36.8 Å². The second-order valence-electron chi connectivity index (χ2n) is 4.87. The van der Waals surface area contributed by atoms with Gasteiger partial charge in [-0.3, -0.25) is 15.0 Å². The largest absolute Gasteiger partial charge is 0.362 e. The van der Waals surface area contributed by atoms with Crippen LogP contribution < -0.4 is 0 Å². The zero-order valence-electron chi connectivity index (χ0n) is 11.4. The number of rotatable bonds is 4. The molecule has 4 nitrogen and oxygen atoms in total. The molecular formula is C16H16N4. The van der Waals surface area contributed by atoms with E-state index in [1.54, 1.807) is 6.20 Å². The van der Waals surface area contributed by atoms with E-state index in [9.17, 15) is 0 Å². The van der Waals surface area contributed by atoms with Crippen molar-refractivity contribution in [1.82, 2.24) is 19.9 Å². The first-order valence-electron chi connectivity index (χ1n) is 6.63. The number of hydrogen-bond donors (Lipinski definition) is 1. The minimum absolute atomic E-state index is 0.781. The van der Waals surface area contributed by atoms with Crippen LogP contribution in [-0.2, 0) is 12.8 Å². The van der Waals surface area contributed by atoms with Crippen molar-refractivity contribution in [1.29, 1.82) is 0 Å². The van der Waals surface area contributed by atoms with Crippen molar-refractivity contribution >= 4 is 0 Å². The highest BCUT2D eigenvalue weighted by molar-refractivity contribution is 5.23. The standard InChI is InChI=1S/C16H16N4/c1-12-10-19-16(11-18-12)9-15-3-2-14(20-15)8-13-4-6-17-7-5-13/h2-7,10-11,20H,8-9H2,1H3. The van der Waals surface area contributed by atoms with Gasteiger partial charge in [0.25, 0.3) is 0 Å². The molecule has 0 unspecified atom stereocenters. The fourth-order valence-electron chi connectivity index (χ4n) is 2.12. The lowest BCUT2D eigenvalue weighted by Gasteiger charge is -2.00. The molecule has 0 aliphatic heterocycles. The fraction of sp³-hybridized carbons (Fsp3) is 0.188. The van der Waals surface area contributed by atoms with Crippen LogP contribution in [0.2, 0.25) is 0 Å². The number of nitrogens with zero attached hydrogens (tertiary/aromatic N) is 3. The number of nitrogens with one attached hydrogen (secondary N) is 1. The maximum atomic E-state index is 4.38. The maximum absolute atomic E-state index is 4.38. The summed E-state index contributed by atoms with van der Waals surface area (Å²) < 4.78 is 0. The van der Waals surface area contributed by atoms with Crippen molar-refractivity contribution in [3.63, 3.8) is 0 Å². The Morgan fingerprint density at radius 2 is 1.65 bits per heavy atom. The predicted octanol–water partition coefficient (Wildman–Crippen LogP) is 2.69. The molecule has 0 saturated carbocycles. The summed E-state index contributed by atoms with van der Waals surface area (Å²) in [4.78, 5) is 16.1. The number of aryl methyl sites for hydroxylation is 1. The van der Waals surface area contributed by atoms with Gasteiger partial charge in [0.1, 0.15) is 0 Å². The highest BCUT2D eigenvalue weighted by Gasteiger charge is 2.03. The SMILES string of the molecule is Cc1cnc(Cc2ccc(Cc3ccncc3)[nH]2)cn1. The molecule has 3 aromatic heterocycles. The van der Waals surface area contributed by atoms with E-state index >= 15 is 0 Å². The van der Waals surface area contributed by atoms with Crippen LogP contribution in [0.4, 0.5) is 0 Å². The lowest BCUT2D eigenvalue weighted by atomic mass is 10.1. The average Bonchev–Trinajstić information content (AvgIpc) is 2.90. The van der Waals surface area contributed by atoms with Crippen molar-refractivity contribution in [2.45, 2.75) is 19.8 Å². The molecule has 0 atom stereocenters. The smallest absolute Gasteiger partial charge is 0.0645 e. The first kappa shape index (κ1) is 12.5. The highest BCUT2D eigenvalue weighted by atomic mass is 14.8. The first-order valence-corrected chi connectivity index (χ1v) is 6.63. The Bertz CT molecular complexity index is 671. The fourth-order valence-corrected chi connectivity index (χ4v) is 2.12. The van der Waals surface area contributed by atoms with Crippen LogP contribution in [0.25, 0.3) is 0 Å². The molecule has 3 rings (SSSR count). The minimum Gasteiger partial charge on any atom is -0.362 e. The van der Waals surface area contributed by atoms with Gasteiger partial charge in [0, 0.05) is 49.0 Å². The molecule has 0 aliphatic rings. The number of H-pyrrole nitrogens is 1. The summed E-state index contributed by atoms with van der Waals surface area (Å²) in [7, 11) is 0. The van der Waals surface area contributed by atoms with Crippen LogP contribution in [0, 0.1) is 6.92 Å². The van der Waals surface area contributed by atoms with Gasteiger partial charge < -0.3 is 4.98 Å². The van der Waals surface area contributed by atoms with Crippen LogP contribution in [0.1, 0.15) is 28.3 Å². The van der Waals surface area contributed by atoms with Gasteiger partial charge in [-0.1, -0.05) is 0 Å². The van der Waals surface area contributed by atoms with Crippen LogP contribution in [0.15, 0.2) is 49.1 Å². The van der Waals surface area contributed by atoms with Crippen molar-refractivity contribution in [3.8, 4) is 0 Å². The molecule has 0 aliphatic carbocycles. The highest BCUT2D eigenvalue weighted by Crippen LogP contribution is 2.11. The lowest BCUT2D eigenvalue weighted by molar-refractivity contribution is 0.964. The molecule has 0 aromatic carbocycles. The van der Waals surface area contributed by atoms with E-state index in [-0.39, 0.29) is 0 Å². The van der Waals surface area contributed by atoms with E-state index in [0.29, 0.717) is 0 Å². The molecule has 0 bridgehead atoms. The van der Waals surface area contributed by atoms with Crippen molar-refractivity contribution in [2.75, 3.05) is 0 Å². The van der Waals surface area contributed by atoms with E-state index < -0.39 is 0 Å². The molecule has 0 spiro atoms. The summed E-state index contributed by atoms with van der Waals surface area (Å²) in [6, 6.07) is 8.30. The third-order valence-electron chi connectivity index (χ3n) is 3.16. The number of hydrogen-bond acceptors (Lipinski definition) is 3. The Morgan fingerprint density at radius 1 is 0.900 bits per heavy atom. The van der Waals surface area contributed by atoms with Crippen molar-refractivity contribution < 1.29 is 0 Å². The Kier molecular flexibility index (Phi) is 3.54. The summed E-state index contributed by atoms with van der Waals surface area (Å²) in [5.74, 6) is 0. The summed E-state index contributed by atoms with van der Waals surface area (Å²) in [5, 5.41) is 0. The van der Waals surface area contributed by atoms with E-state index in [2.05, 4.69) is 32.1 Å². The quantitative estimate of drug-likeness (QED) is 0.788. The van der Waals surface area contributed by atoms with Crippen LogP contribution in [-0.4, -0.2) is 19.9 Å². The lowest BCUT2D eigenvalue weighted by Crippen LogP contribution is -1.95. The average molecular weight is 264 g/mol. The van der Waals surface area contributed by atoms with E-state index in [0.717, 1.165) is 29.9 Å². The Morgan fingerprint density at radius 3 is 2.35 bits per heavy atom. The van der Waals surface area contributed by atoms with E-state index in [4.69, 9.17) is 0 Å². The summed E-state index contributed by atoms with van der Waals surface area (Å²) in [6.45, 7) is 1.94. The molecule has 0 saturated heterocycles. The summed E-state index contributed by atoms with van der Waals surface area (Å²) >= 11 is 0. The monoisotopic (exact) mass is 264 g/mol. The Hall–Kier alpha value is -2.49. The molecule has 4 heteroatoms. The molecule has 20 heavy (non-hydrogen) atoms. The van der Waals surface area contributed by atoms with Gasteiger partial charge >= 0.3 is 0 Å². The van der Waals surface area contributed by atoms with E-state index in [1.165, 1.54) is 11.3 Å². The summed E-state index contributed by atoms with van der Waals surface area (Å²) in [5.41, 5.74) is 5.54. The minimum atomic E-state index is 0.781. The maximum Gasteiger partial charge on any atom is 0.0645 e. The van der Waals surface area contributed by atoms with Crippen molar-refractivity contribution in [2.24, 2.45) is 0 Å². The topological polar surface area (TPSA) is 54.5 Å². The van der Waals surface area contributed by atoms with Crippen molar-refractivity contribution in [3.05, 3.63) is 77.4 Å². The Balaban J connectivity index is 1.69. The zero-order valence-corrected chi connectivity index (χ0v) is 11.4. The molecule has 3 heterocycles. The van der Waals surface area contributed by atoms with E-state index in [1.807, 2.05) is 37.6 Å². The Labute approximate surface area is 118 Å². The van der Waals surface area contributed by atoms with Gasteiger partial charge in [0.05, 0.1) is 11.4 Å². The number of pyridine rings is 1. The number of aromatic amines is 1. The molecule has 0 fully saturated rings. The second kappa shape index (κ2) is 5.65. The van der Waals surface area contributed by atoms with Gasteiger partial charge in [0.2, 0.25) is 0 Å². The second-order valence-corrected chi connectivity index (χ2v) is 4.87. The van der Waals surface area contributed by atoms with Gasteiger partial charge in [0.15, 0.2) is 0 Å². The van der Waals surface area contributed by atoms with Gasteiger partial charge in [-0.2, -0.15) is 0 Å². The van der Waals surface area contributed by atoms with Crippen LogP contribution >= 0.6 is 0 Å². The normalized spacial score (nSPS) is 10.7. The molecule has 1 N–H and O–H groups in total. The molecule has 100 valence electrons. The zero-order chi connectivity index (χ0) is 13.8. The van der Waals surface area contributed by atoms with Crippen LogP contribution in [0.5, 0.6) is 0 Å². The third-order valence-corrected chi connectivity index (χ3v) is 3.16. The molecular weight excluding hydrogens is 248 g/mol. The first-order chi connectivity index (χ1) is 9.79. The summed E-state index contributed by atoms with van der Waals surface area (Å²) in [6.07, 6.45) is 8.95.